The van der Waals surface area contributed by atoms with E-state index in [4.69, 9.17) is 11.6 Å². The smallest absolute Gasteiger partial charge is 0.169 e. The lowest BCUT2D eigenvalue weighted by Crippen LogP contribution is -2.07. The largest absolute Gasteiger partial charge is 0.345 e. The van der Waals surface area contributed by atoms with Gasteiger partial charge in [-0.15, -0.1) is 0 Å². The minimum atomic E-state index is 0.0301. The predicted octanol–water partition coefficient (Wildman–Crippen LogP) is 4.08. The molecule has 3 rings (SSSR count). The van der Waals surface area contributed by atoms with E-state index < -0.39 is 0 Å². The molecule has 0 bridgehead atoms. The van der Waals surface area contributed by atoms with Crippen molar-refractivity contribution in [1.29, 1.82) is 0 Å². The van der Waals surface area contributed by atoms with E-state index in [1.54, 1.807) is 18.5 Å². The van der Waals surface area contributed by atoms with Crippen LogP contribution in [0.4, 0.5) is 0 Å². The molecule has 1 aliphatic rings. The maximum absolute atomic E-state index is 12.8. The van der Waals surface area contributed by atoms with Crippen molar-refractivity contribution in [2.45, 2.75) is 27.7 Å². The van der Waals surface area contributed by atoms with Crippen LogP contribution in [-0.4, -0.2) is 15.8 Å². The van der Waals surface area contributed by atoms with Gasteiger partial charge in [0.05, 0.1) is 5.02 Å². The molecule has 1 saturated carbocycles. The van der Waals surface area contributed by atoms with Gasteiger partial charge in [0.15, 0.2) is 5.78 Å². The van der Waals surface area contributed by atoms with Gasteiger partial charge in [0.2, 0.25) is 0 Å². The molecule has 2 aromatic rings. The fourth-order valence-corrected chi connectivity index (χ4v) is 3.47. The van der Waals surface area contributed by atoms with E-state index in [-0.39, 0.29) is 22.5 Å². The van der Waals surface area contributed by atoms with E-state index in [9.17, 15) is 4.79 Å². The van der Waals surface area contributed by atoms with Crippen LogP contribution in [0.2, 0.25) is 5.02 Å². The van der Waals surface area contributed by atoms with Gasteiger partial charge < -0.3 is 4.98 Å². The Balaban J connectivity index is 2.10. The summed E-state index contributed by atoms with van der Waals surface area (Å²) < 4.78 is 0. The highest BCUT2D eigenvalue weighted by Gasteiger charge is 2.68. The number of halogens is 1. The molecule has 0 radical (unpaired) electrons. The second kappa shape index (κ2) is 3.60. The van der Waals surface area contributed by atoms with Crippen LogP contribution in [-0.2, 0) is 0 Å². The SMILES string of the molecule is CC1(C)C(C(=O)c2c[nH]c3nccc(Cl)c23)C1(C)C. The normalized spacial score (nSPS) is 20.7. The molecule has 1 aliphatic carbocycles. The minimum absolute atomic E-state index is 0.0301. The van der Waals surface area contributed by atoms with Crippen molar-refractivity contribution in [2.24, 2.45) is 16.7 Å². The maximum Gasteiger partial charge on any atom is 0.169 e. The van der Waals surface area contributed by atoms with E-state index in [1.807, 2.05) is 0 Å². The van der Waals surface area contributed by atoms with Gasteiger partial charge in [-0.1, -0.05) is 39.3 Å². The number of fused-ring (bicyclic) bond motifs is 1. The molecule has 19 heavy (non-hydrogen) atoms. The lowest BCUT2D eigenvalue weighted by molar-refractivity contribution is 0.0947. The molecule has 100 valence electrons. The number of Topliss-reactive ketones (excluding diaryl/α,β-unsaturated/α-hetero) is 1. The number of carbonyl (C=O) groups excluding carboxylic acids is 1. The number of ketones is 1. The number of H-pyrrole nitrogens is 1. The van der Waals surface area contributed by atoms with E-state index in [2.05, 4.69) is 37.7 Å². The number of hydrogen-bond donors (Lipinski definition) is 1. The third kappa shape index (κ3) is 1.51. The molecule has 0 spiro atoms. The summed E-state index contributed by atoms with van der Waals surface area (Å²) in [5.74, 6) is 0.200. The van der Waals surface area contributed by atoms with Gasteiger partial charge in [-0.05, 0) is 16.9 Å². The Labute approximate surface area is 117 Å². The van der Waals surface area contributed by atoms with Crippen molar-refractivity contribution in [3.8, 4) is 0 Å². The molecule has 0 amide bonds. The maximum atomic E-state index is 12.8. The standard InChI is InChI=1S/C15H17ClN2O/c1-14(2)12(15(14,3)4)11(19)8-7-18-13-10(8)9(16)5-6-17-13/h5-7,12H,1-4H3,(H,17,18). The van der Waals surface area contributed by atoms with Gasteiger partial charge in [-0.3, -0.25) is 4.79 Å². The second-order valence-electron chi connectivity index (χ2n) is 6.46. The van der Waals surface area contributed by atoms with Crippen LogP contribution in [0.15, 0.2) is 18.5 Å². The first-order valence-electron chi connectivity index (χ1n) is 6.44. The van der Waals surface area contributed by atoms with E-state index in [1.165, 1.54) is 0 Å². The Hall–Kier alpha value is -1.35. The zero-order valence-electron chi connectivity index (χ0n) is 11.5. The summed E-state index contributed by atoms with van der Waals surface area (Å²) in [5, 5.41) is 1.32. The average Bonchev–Trinajstić information content (AvgIpc) is 2.66. The first-order valence-corrected chi connectivity index (χ1v) is 6.82. The highest BCUT2D eigenvalue weighted by Crippen LogP contribution is 2.69. The Morgan fingerprint density at radius 1 is 1.32 bits per heavy atom. The highest BCUT2D eigenvalue weighted by molar-refractivity contribution is 6.36. The Kier molecular flexibility index (Phi) is 2.40. The number of hydrogen-bond acceptors (Lipinski definition) is 2. The Morgan fingerprint density at radius 2 is 1.95 bits per heavy atom. The van der Waals surface area contributed by atoms with Gasteiger partial charge >= 0.3 is 0 Å². The number of rotatable bonds is 2. The number of aromatic amines is 1. The van der Waals surface area contributed by atoms with Crippen LogP contribution in [0.5, 0.6) is 0 Å². The second-order valence-corrected chi connectivity index (χ2v) is 6.87. The minimum Gasteiger partial charge on any atom is -0.345 e. The monoisotopic (exact) mass is 276 g/mol. The molecular formula is C15H17ClN2O. The van der Waals surface area contributed by atoms with Gasteiger partial charge in [-0.2, -0.15) is 0 Å². The first-order chi connectivity index (χ1) is 8.78. The third-order valence-corrected chi connectivity index (χ3v) is 5.39. The van der Waals surface area contributed by atoms with Crippen molar-refractivity contribution in [1.82, 2.24) is 9.97 Å². The topological polar surface area (TPSA) is 45.8 Å². The van der Waals surface area contributed by atoms with Crippen LogP contribution in [0.1, 0.15) is 38.1 Å². The highest BCUT2D eigenvalue weighted by atomic mass is 35.5. The number of carbonyl (C=O) groups is 1. The van der Waals surface area contributed by atoms with Gasteiger partial charge in [0, 0.05) is 29.3 Å². The molecule has 3 nitrogen and oxygen atoms in total. The van der Waals surface area contributed by atoms with E-state index in [0.717, 1.165) is 5.39 Å². The summed E-state index contributed by atoms with van der Waals surface area (Å²) in [6.45, 7) is 8.57. The molecule has 1 fully saturated rings. The van der Waals surface area contributed by atoms with Crippen LogP contribution < -0.4 is 0 Å². The van der Waals surface area contributed by atoms with Crippen molar-refractivity contribution in [2.75, 3.05) is 0 Å². The zero-order chi connectivity index (χ0) is 14.0. The van der Waals surface area contributed by atoms with Crippen LogP contribution in [0, 0.1) is 16.7 Å². The average molecular weight is 277 g/mol. The number of aromatic nitrogens is 2. The third-order valence-electron chi connectivity index (χ3n) is 5.07. The molecule has 2 aromatic heterocycles. The summed E-state index contributed by atoms with van der Waals surface area (Å²) in [6, 6.07) is 1.72. The van der Waals surface area contributed by atoms with Gasteiger partial charge in [0.25, 0.3) is 0 Å². The van der Waals surface area contributed by atoms with E-state index >= 15 is 0 Å². The predicted molar refractivity (Wildman–Crippen MR) is 76.5 cm³/mol. The molecule has 0 atom stereocenters. The molecule has 0 aromatic carbocycles. The number of nitrogens with one attached hydrogen (secondary N) is 1. The number of pyridine rings is 1. The lowest BCUT2D eigenvalue weighted by Gasteiger charge is -2.03. The van der Waals surface area contributed by atoms with Crippen LogP contribution >= 0.6 is 11.6 Å². The summed E-state index contributed by atoms with van der Waals surface area (Å²) in [4.78, 5) is 20.0. The fraction of sp³-hybridized carbons (Fsp3) is 0.467. The molecule has 0 aliphatic heterocycles. The Morgan fingerprint density at radius 3 is 2.53 bits per heavy atom. The first kappa shape index (κ1) is 12.7. The Bertz CT molecular complexity index is 671. The van der Waals surface area contributed by atoms with Crippen molar-refractivity contribution in [3.63, 3.8) is 0 Å². The van der Waals surface area contributed by atoms with Gasteiger partial charge in [0.1, 0.15) is 5.65 Å². The lowest BCUT2D eigenvalue weighted by atomic mass is 10.0. The molecule has 4 heteroatoms. The quantitative estimate of drug-likeness (QED) is 0.840. The molecular weight excluding hydrogens is 260 g/mol. The summed E-state index contributed by atoms with van der Waals surface area (Å²) in [6.07, 6.45) is 3.37. The summed E-state index contributed by atoms with van der Waals surface area (Å²) in [5.41, 5.74) is 1.40. The van der Waals surface area contributed by atoms with Crippen molar-refractivity contribution >= 4 is 28.4 Å². The molecule has 2 heterocycles. The zero-order valence-corrected chi connectivity index (χ0v) is 12.3. The van der Waals surface area contributed by atoms with Crippen LogP contribution in [0.25, 0.3) is 11.0 Å². The van der Waals surface area contributed by atoms with E-state index in [0.29, 0.717) is 16.2 Å². The molecule has 1 N–H and O–H groups in total. The summed E-state index contributed by atoms with van der Waals surface area (Å²) >= 11 is 6.20. The molecule has 0 saturated heterocycles. The van der Waals surface area contributed by atoms with Crippen LogP contribution in [0.3, 0.4) is 0 Å². The van der Waals surface area contributed by atoms with Crippen molar-refractivity contribution in [3.05, 3.63) is 29.0 Å². The fourth-order valence-electron chi connectivity index (χ4n) is 3.22. The summed E-state index contributed by atoms with van der Waals surface area (Å²) in [7, 11) is 0. The van der Waals surface area contributed by atoms with Crippen molar-refractivity contribution < 1.29 is 4.79 Å². The molecule has 0 unspecified atom stereocenters. The number of nitrogens with zero attached hydrogens (tertiary/aromatic N) is 1. The van der Waals surface area contributed by atoms with Gasteiger partial charge in [-0.25, -0.2) is 4.98 Å².